The first kappa shape index (κ1) is 20.1. The third-order valence-corrected chi connectivity index (χ3v) is 6.34. The van der Waals surface area contributed by atoms with E-state index in [0.29, 0.717) is 63.9 Å². The van der Waals surface area contributed by atoms with Crippen molar-refractivity contribution >= 4 is 11.8 Å². The van der Waals surface area contributed by atoms with Crippen LogP contribution in [0.5, 0.6) is 0 Å². The first-order valence-corrected chi connectivity index (χ1v) is 10.7. The zero-order chi connectivity index (χ0) is 21.4. The summed E-state index contributed by atoms with van der Waals surface area (Å²) in [7, 11) is 0. The van der Waals surface area contributed by atoms with Gasteiger partial charge in [0.1, 0.15) is 17.1 Å². The van der Waals surface area contributed by atoms with E-state index in [4.69, 9.17) is 14.0 Å². The average molecular weight is 430 g/mol. The molecule has 31 heavy (non-hydrogen) atoms. The third kappa shape index (κ3) is 3.94. The Morgan fingerprint density at radius 1 is 1.29 bits per heavy atom. The molecule has 5 rings (SSSR count). The molecule has 5 heterocycles. The molecule has 3 aliphatic rings. The van der Waals surface area contributed by atoms with Gasteiger partial charge in [0, 0.05) is 31.7 Å². The summed E-state index contributed by atoms with van der Waals surface area (Å²) in [6.07, 6.45) is 2.21. The molecule has 0 aromatic carbocycles. The average Bonchev–Trinajstić information content (AvgIpc) is 3.51. The van der Waals surface area contributed by atoms with Crippen LogP contribution in [0, 0.1) is 12.8 Å². The Kier molecular flexibility index (Phi) is 5.22. The predicted octanol–water partition coefficient (Wildman–Crippen LogP) is 0.432. The van der Waals surface area contributed by atoms with Gasteiger partial charge in [-0.1, -0.05) is 10.4 Å². The van der Waals surface area contributed by atoms with Gasteiger partial charge in [0.25, 0.3) is 5.91 Å². The minimum Gasteiger partial charge on any atom is -0.381 e. The molecule has 1 spiro atoms. The number of carbonyl (C=O) groups excluding carboxylic acids is 2. The highest BCUT2D eigenvalue weighted by Crippen LogP contribution is 2.33. The van der Waals surface area contributed by atoms with Crippen molar-refractivity contribution < 1.29 is 23.6 Å². The largest absolute Gasteiger partial charge is 0.381 e. The number of fused-ring (bicyclic) bond motifs is 1. The maximum absolute atomic E-state index is 12.7. The highest BCUT2D eigenvalue weighted by Gasteiger charge is 2.45. The van der Waals surface area contributed by atoms with Gasteiger partial charge < -0.3 is 24.2 Å². The van der Waals surface area contributed by atoms with Crippen LogP contribution in [0.4, 0.5) is 0 Å². The molecule has 2 amide bonds. The number of rotatable bonds is 4. The van der Waals surface area contributed by atoms with Gasteiger partial charge in [0.05, 0.1) is 31.9 Å². The maximum Gasteiger partial charge on any atom is 0.276 e. The third-order valence-electron chi connectivity index (χ3n) is 6.34. The molecule has 166 valence electrons. The quantitative estimate of drug-likeness (QED) is 0.741. The van der Waals surface area contributed by atoms with Gasteiger partial charge in [-0.2, -0.15) is 0 Å². The Labute approximate surface area is 179 Å². The lowest BCUT2D eigenvalue weighted by Crippen LogP contribution is -2.45. The van der Waals surface area contributed by atoms with E-state index in [-0.39, 0.29) is 17.7 Å². The molecule has 11 nitrogen and oxygen atoms in total. The van der Waals surface area contributed by atoms with Crippen molar-refractivity contribution in [2.45, 2.75) is 51.5 Å². The highest BCUT2D eigenvalue weighted by molar-refractivity contribution is 5.92. The Balaban J connectivity index is 1.20. The first-order valence-electron chi connectivity index (χ1n) is 10.7. The summed E-state index contributed by atoms with van der Waals surface area (Å²) < 4.78 is 18.4. The molecule has 0 radical (unpaired) electrons. The molecule has 0 bridgehead atoms. The van der Waals surface area contributed by atoms with Crippen molar-refractivity contribution in [2.24, 2.45) is 5.92 Å². The fourth-order valence-electron chi connectivity index (χ4n) is 4.50. The van der Waals surface area contributed by atoms with Crippen LogP contribution in [0.3, 0.4) is 0 Å². The number of ether oxygens (including phenoxy) is 2. The number of carbonyl (C=O) groups is 2. The predicted molar refractivity (Wildman–Crippen MR) is 105 cm³/mol. The Hall–Kier alpha value is -2.79. The van der Waals surface area contributed by atoms with E-state index >= 15 is 0 Å². The lowest BCUT2D eigenvalue weighted by Gasteiger charge is -2.33. The van der Waals surface area contributed by atoms with Gasteiger partial charge in [-0.25, -0.2) is 4.68 Å². The second-order valence-electron chi connectivity index (χ2n) is 8.52. The van der Waals surface area contributed by atoms with E-state index in [2.05, 4.69) is 20.8 Å². The lowest BCUT2D eigenvalue weighted by molar-refractivity contribution is -0.128. The van der Waals surface area contributed by atoms with Crippen LogP contribution in [0.15, 0.2) is 10.6 Å². The molecule has 0 saturated carbocycles. The van der Waals surface area contributed by atoms with Crippen molar-refractivity contribution in [3.05, 3.63) is 28.9 Å². The van der Waals surface area contributed by atoms with Crippen LogP contribution in [0.2, 0.25) is 0 Å². The van der Waals surface area contributed by atoms with Crippen LogP contribution >= 0.6 is 0 Å². The van der Waals surface area contributed by atoms with E-state index in [1.54, 1.807) is 17.9 Å². The number of amides is 2. The van der Waals surface area contributed by atoms with E-state index in [9.17, 15) is 9.59 Å². The number of hydrogen-bond donors (Lipinski definition) is 1. The minimum atomic E-state index is -0.488. The summed E-state index contributed by atoms with van der Waals surface area (Å²) in [5.41, 5.74) is 1.42. The number of likely N-dealkylation sites (tertiary alicyclic amines) is 1. The van der Waals surface area contributed by atoms with Crippen LogP contribution in [-0.2, 0) is 34.0 Å². The summed E-state index contributed by atoms with van der Waals surface area (Å²) in [6, 6.07) is 1.64. The van der Waals surface area contributed by atoms with E-state index in [0.717, 1.165) is 24.2 Å². The van der Waals surface area contributed by atoms with E-state index in [1.165, 1.54) is 0 Å². The van der Waals surface area contributed by atoms with Crippen LogP contribution in [0.1, 0.15) is 46.9 Å². The zero-order valence-corrected chi connectivity index (χ0v) is 17.5. The molecule has 1 unspecified atom stereocenters. The van der Waals surface area contributed by atoms with Crippen molar-refractivity contribution in [2.75, 3.05) is 26.3 Å². The van der Waals surface area contributed by atoms with Gasteiger partial charge in [-0.15, -0.1) is 5.10 Å². The van der Waals surface area contributed by atoms with Crippen molar-refractivity contribution in [1.82, 2.24) is 30.4 Å². The van der Waals surface area contributed by atoms with Gasteiger partial charge in [-0.05, 0) is 26.2 Å². The second kappa shape index (κ2) is 8.04. The summed E-state index contributed by atoms with van der Waals surface area (Å²) in [6.45, 7) is 5.27. The monoisotopic (exact) mass is 430 g/mol. The summed E-state index contributed by atoms with van der Waals surface area (Å²) >= 11 is 0. The second-order valence-corrected chi connectivity index (χ2v) is 8.52. The molecule has 2 aromatic heterocycles. The first-order chi connectivity index (χ1) is 15.0. The molecule has 2 aromatic rings. The van der Waals surface area contributed by atoms with Gasteiger partial charge in [-0.3, -0.25) is 9.59 Å². The summed E-state index contributed by atoms with van der Waals surface area (Å²) in [4.78, 5) is 26.8. The molecule has 3 aliphatic heterocycles. The van der Waals surface area contributed by atoms with Gasteiger partial charge in [0.15, 0.2) is 5.69 Å². The zero-order valence-electron chi connectivity index (χ0n) is 17.5. The number of nitrogens with zero attached hydrogens (tertiary/aromatic N) is 5. The highest BCUT2D eigenvalue weighted by atomic mass is 16.5. The Morgan fingerprint density at radius 2 is 2.13 bits per heavy atom. The van der Waals surface area contributed by atoms with Crippen molar-refractivity contribution in [3.8, 4) is 0 Å². The molecular formula is C20H26N6O5. The fourth-order valence-corrected chi connectivity index (χ4v) is 4.50. The van der Waals surface area contributed by atoms with Gasteiger partial charge >= 0.3 is 0 Å². The number of aromatic nitrogens is 4. The smallest absolute Gasteiger partial charge is 0.276 e. The molecule has 1 atom stereocenters. The number of aryl methyl sites for hydroxylation is 1. The fraction of sp³-hybridized carbons (Fsp3) is 0.650. The maximum atomic E-state index is 12.7. The molecular weight excluding hydrogens is 404 g/mol. The minimum absolute atomic E-state index is 0.00446. The normalized spacial score (nSPS) is 23.8. The Morgan fingerprint density at radius 3 is 2.90 bits per heavy atom. The standard InChI is InChI=1S/C20H26N6O5/c1-13-8-15(23-31-13)19(28)25-5-4-20(11-25)12-26-17(10-30-20)16(22-24-26)9-21-18(27)14-2-6-29-7-3-14/h8,14H,2-7,9-12H2,1H3,(H,21,27). The molecule has 11 heteroatoms. The lowest BCUT2D eigenvalue weighted by atomic mass is 9.99. The van der Waals surface area contributed by atoms with E-state index in [1.807, 2.05) is 4.68 Å². The van der Waals surface area contributed by atoms with Gasteiger partial charge in [0.2, 0.25) is 5.91 Å². The topological polar surface area (TPSA) is 125 Å². The number of hydrogen-bond acceptors (Lipinski definition) is 8. The van der Waals surface area contributed by atoms with Crippen molar-refractivity contribution in [1.29, 1.82) is 0 Å². The molecule has 0 aliphatic carbocycles. The van der Waals surface area contributed by atoms with Crippen LogP contribution in [-0.4, -0.2) is 68.8 Å². The van der Waals surface area contributed by atoms with Crippen LogP contribution < -0.4 is 5.32 Å². The van der Waals surface area contributed by atoms with Crippen LogP contribution in [0.25, 0.3) is 0 Å². The summed E-state index contributed by atoms with van der Waals surface area (Å²) in [5.74, 6) is 0.481. The molecule has 2 saturated heterocycles. The van der Waals surface area contributed by atoms with E-state index < -0.39 is 5.60 Å². The van der Waals surface area contributed by atoms with Crippen molar-refractivity contribution in [3.63, 3.8) is 0 Å². The molecule has 1 N–H and O–H groups in total. The molecule has 2 fully saturated rings. The number of nitrogens with one attached hydrogen (secondary N) is 1. The summed E-state index contributed by atoms with van der Waals surface area (Å²) in [5, 5.41) is 15.3. The Bertz CT molecular complexity index is 981. The SMILES string of the molecule is Cc1cc(C(=O)N2CCC3(C2)Cn2nnc(CNC(=O)C4CCOCC4)c2CO3)no1.